The van der Waals surface area contributed by atoms with Crippen LogP contribution >= 0.6 is 11.6 Å². The number of halogens is 4. The number of benzene rings is 2. The number of hydrogen-bond donors (Lipinski definition) is 0. The summed E-state index contributed by atoms with van der Waals surface area (Å²) in [5.41, 5.74) is -3.22. The van der Waals surface area contributed by atoms with E-state index in [0.717, 1.165) is 11.1 Å². The molecule has 1 aliphatic rings. The van der Waals surface area contributed by atoms with E-state index in [4.69, 9.17) is 16.3 Å². The highest BCUT2D eigenvalue weighted by molar-refractivity contribution is 7.90. The molecule has 1 aliphatic heterocycles. The van der Waals surface area contributed by atoms with E-state index in [-0.39, 0.29) is 38.1 Å². The second-order valence-electron chi connectivity index (χ2n) is 6.56. The van der Waals surface area contributed by atoms with E-state index in [1.54, 1.807) is 42.5 Å². The molecule has 0 aromatic heterocycles. The van der Waals surface area contributed by atoms with Gasteiger partial charge in [-0.2, -0.15) is 17.5 Å². The molecule has 3 rings (SSSR count). The number of alkyl halides is 3. The van der Waals surface area contributed by atoms with Crippen molar-refractivity contribution in [2.24, 2.45) is 0 Å². The van der Waals surface area contributed by atoms with E-state index < -0.39 is 21.5 Å². The fourth-order valence-corrected chi connectivity index (χ4v) is 4.15. The Bertz CT molecular complexity index is 1010. The average Bonchev–Trinajstić information content (AvgIpc) is 2.85. The van der Waals surface area contributed by atoms with Gasteiger partial charge in [0, 0.05) is 18.1 Å². The second kappa shape index (κ2) is 8.33. The van der Waals surface area contributed by atoms with Crippen molar-refractivity contribution >= 4 is 27.6 Å². The van der Waals surface area contributed by atoms with E-state index in [0.29, 0.717) is 14.9 Å². The van der Waals surface area contributed by atoms with Gasteiger partial charge in [0.2, 0.25) is 0 Å². The van der Waals surface area contributed by atoms with Crippen LogP contribution in [0.1, 0.15) is 16.7 Å². The Morgan fingerprint density at radius 1 is 1.03 bits per heavy atom. The summed E-state index contributed by atoms with van der Waals surface area (Å²) >= 11 is 5.80. The standard InChI is InChI=1S/C19H17ClF3NO4S/c20-16-4-1-13(2-5-16)11-18(25)28-17-6-3-14-7-9-24(10-8-15(14)12-17)29(26,27)19(21,22)23/h1-6,12H,7-11H2. The summed E-state index contributed by atoms with van der Waals surface area (Å²) in [6, 6.07) is 11.5. The molecule has 0 atom stereocenters. The number of sulfonamides is 1. The Morgan fingerprint density at radius 2 is 1.66 bits per heavy atom. The quantitative estimate of drug-likeness (QED) is 0.529. The number of carbonyl (C=O) groups excluding carboxylic acids is 1. The van der Waals surface area contributed by atoms with Crippen molar-refractivity contribution in [2.75, 3.05) is 13.1 Å². The van der Waals surface area contributed by atoms with Gasteiger partial charge in [-0.3, -0.25) is 4.79 Å². The van der Waals surface area contributed by atoms with Crippen molar-refractivity contribution in [1.82, 2.24) is 4.31 Å². The molecule has 0 radical (unpaired) electrons. The second-order valence-corrected chi connectivity index (χ2v) is 8.92. The molecular formula is C19H17ClF3NO4S. The third-order valence-corrected chi connectivity index (χ3v) is 6.45. The molecule has 2 aromatic rings. The maximum Gasteiger partial charge on any atom is 0.511 e. The Morgan fingerprint density at radius 3 is 2.28 bits per heavy atom. The number of hydrogen-bond acceptors (Lipinski definition) is 4. The lowest BCUT2D eigenvalue weighted by atomic mass is 10.0. The lowest BCUT2D eigenvalue weighted by Crippen LogP contribution is -2.42. The van der Waals surface area contributed by atoms with Gasteiger partial charge in [-0.1, -0.05) is 29.8 Å². The van der Waals surface area contributed by atoms with E-state index >= 15 is 0 Å². The largest absolute Gasteiger partial charge is 0.511 e. The monoisotopic (exact) mass is 447 g/mol. The van der Waals surface area contributed by atoms with Gasteiger partial charge < -0.3 is 4.74 Å². The molecule has 0 aliphatic carbocycles. The first-order valence-electron chi connectivity index (χ1n) is 8.69. The summed E-state index contributed by atoms with van der Waals surface area (Å²) in [6.45, 7) is -0.554. The number of nitrogens with zero attached hydrogens (tertiary/aromatic N) is 1. The van der Waals surface area contributed by atoms with Gasteiger partial charge in [0.1, 0.15) is 5.75 Å². The van der Waals surface area contributed by atoms with Crippen LogP contribution in [0.25, 0.3) is 0 Å². The van der Waals surface area contributed by atoms with Gasteiger partial charge >= 0.3 is 21.5 Å². The van der Waals surface area contributed by atoms with Crippen LogP contribution in [0.3, 0.4) is 0 Å². The summed E-state index contributed by atoms with van der Waals surface area (Å²) in [4.78, 5) is 12.1. The topological polar surface area (TPSA) is 63.7 Å². The van der Waals surface area contributed by atoms with Gasteiger partial charge in [0.25, 0.3) is 0 Å². The van der Waals surface area contributed by atoms with Crippen molar-refractivity contribution in [3.8, 4) is 5.75 Å². The van der Waals surface area contributed by atoms with Crippen LogP contribution < -0.4 is 4.74 Å². The Labute approximate surface area is 171 Å². The molecule has 10 heteroatoms. The highest BCUT2D eigenvalue weighted by Crippen LogP contribution is 2.30. The molecule has 0 saturated heterocycles. The zero-order valence-electron chi connectivity index (χ0n) is 15.1. The zero-order chi connectivity index (χ0) is 21.2. The summed E-state index contributed by atoms with van der Waals surface area (Å²) < 4.78 is 67.4. The van der Waals surface area contributed by atoms with E-state index in [1.165, 1.54) is 0 Å². The minimum Gasteiger partial charge on any atom is -0.426 e. The highest BCUT2D eigenvalue weighted by Gasteiger charge is 2.49. The molecule has 0 spiro atoms. The first kappa shape index (κ1) is 21.6. The fourth-order valence-electron chi connectivity index (χ4n) is 3.07. The average molecular weight is 448 g/mol. The maximum absolute atomic E-state index is 12.8. The van der Waals surface area contributed by atoms with Gasteiger partial charge in [-0.15, -0.1) is 0 Å². The molecule has 0 unspecified atom stereocenters. The highest BCUT2D eigenvalue weighted by atomic mass is 35.5. The van der Waals surface area contributed by atoms with Crippen molar-refractivity contribution < 1.29 is 31.1 Å². The Kier molecular flexibility index (Phi) is 6.21. The summed E-state index contributed by atoms with van der Waals surface area (Å²) in [5.74, 6) is -0.239. The van der Waals surface area contributed by atoms with Gasteiger partial charge in [-0.25, -0.2) is 8.42 Å². The van der Waals surface area contributed by atoms with Crippen molar-refractivity contribution in [3.63, 3.8) is 0 Å². The van der Waals surface area contributed by atoms with Crippen LogP contribution in [0.5, 0.6) is 5.75 Å². The first-order valence-corrected chi connectivity index (χ1v) is 10.5. The smallest absolute Gasteiger partial charge is 0.426 e. The molecule has 1 heterocycles. The molecule has 0 amide bonds. The zero-order valence-corrected chi connectivity index (χ0v) is 16.6. The molecule has 0 N–H and O–H groups in total. The van der Waals surface area contributed by atoms with E-state index in [1.807, 2.05) is 0 Å². The number of esters is 1. The van der Waals surface area contributed by atoms with Crippen LogP contribution in [0, 0.1) is 0 Å². The van der Waals surface area contributed by atoms with Crippen LogP contribution in [0.15, 0.2) is 42.5 Å². The van der Waals surface area contributed by atoms with Crippen molar-refractivity contribution in [2.45, 2.75) is 24.8 Å². The predicted molar refractivity (Wildman–Crippen MR) is 101 cm³/mol. The number of carbonyl (C=O) groups is 1. The predicted octanol–water partition coefficient (Wildman–Crippen LogP) is 3.74. The molecule has 156 valence electrons. The van der Waals surface area contributed by atoms with Crippen molar-refractivity contribution in [3.05, 3.63) is 64.2 Å². The normalized spacial score (nSPS) is 15.4. The van der Waals surface area contributed by atoms with Crippen LogP contribution in [-0.4, -0.2) is 37.3 Å². The Balaban J connectivity index is 1.68. The van der Waals surface area contributed by atoms with Crippen molar-refractivity contribution in [1.29, 1.82) is 0 Å². The van der Waals surface area contributed by atoms with Gasteiger partial charge in [-0.05, 0) is 53.8 Å². The maximum atomic E-state index is 12.8. The SMILES string of the molecule is O=C(Cc1ccc(Cl)cc1)Oc1ccc2c(c1)CCN(S(=O)(=O)C(F)(F)F)CC2. The Hall–Kier alpha value is -2.10. The van der Waals surface area contributed by atoms with Crippen LogP contribution in [0.2, 0.25) is 5.02 Å². The van der Waals surface area contributed by atoms with Gasteiger partial charge in [0.05, 0.1) is 6.42 Å². The lowest BCUT2D eigenvalue weighted by Gasteiger charge is -2.21. The van der Waals surface area contributed by atoms with Gasteiger partial charge in [0.15, 0.2) is 0 Å². The van der Waals surface area contributed by atoms with E-state index in [9.17, 15) is 26.4 Å². The molecule has 2 aromatic carbocycles. The third-order valence-electron chi connectivity index (χ3n) is 4.56. The fraction of sp³-hybridized carbons (Fsp3) is 0.316. The summed E-state index contributed by atoms with van der Waals surface area (Å²) in [5, 5.41) is 0.550. The molecule has 29 heavy (non-hydrogen) atoms. The molecule has 5 nitrogen and oxygen atoms in total. The van der Waals surface area contributed by atoms with Crippen LogP contribution in [0.4, 0.5) is 13.2 Å². The summed E-state index contributed by atoms with van der Waals surface area (Å²) in [7, 11) is -5.37. The molecule has 0 fully saturated rings. The lowest BCUT2D eigenvalue weighted by molar-refractivity contribution is -0.133. The van der Waals surface area contributed by atoms with Crippen LogP contribution in [-0.2, 0) is 34.1 Å². The molecular weight excluding hydrogens is 431 g/mol. The number of ether oxygens (including phenoxy) is 1. The minimum absolute atomic E-state index is 0.0336. The number of fused-ring (bicyclic) bond motifs is 1. The molecule has 0 saturated carbocycles. The minimum atomic E-state index is -5.37. The van der Waals surface area contributed by atoms with E-state index in [2.05, 4.69) is 0 Å². The first-order chi connectivity index (χ1) is 13.6. The number of rotatable bonds is 4. The third kappa shape index (κ3) is 5.09. The summed E-state index contributed by atoms with van der Waals surface area (Å²) in [6.07, 6.45) is 0.267. The molecule has 0 bridgehead atoms.